The highest BCUT2D eigenvalue weighted by Gasteiger charge is 2.31. The van der Waals surface area contributed by atoms with Crippen molar-refractivity contribution < 1.29 is 4.52 Å². The van der Waals surface area contributed by atoms with Crippen LogP contribution in [0.4, 0.5) is 0 Å². The van der Waals surface area contributed by atoms with E-state index in [0.717, 1.165) is 17.8 Å². The molecule has 0 aliphatic carbocycles. The molecule has 1 atom stereocenters. The van der Waals surface area contributed by atoms with E-state index in [9.17, 15) is 0 Å². The Morgan fingerprint density at radius 2 is 2.00 bits per heavy atom. The smallest absolute Gasteiger partial charge is 0.241 e. The van der Waals surface area contributed by atoms with Crippen LogP contribution in [0.25, 0.3) is 10.7 Å². The van der Waals surface area contributed by atoms with Crippen LogP contribution in [0, 0.1) is 0 Å². The molecule has 0 bridgehead atoms. The van der Waals surface area contributed by atoms with Crippen LogP contribution in [0.1, 0.15) is 27.3 Å². The summed E-state index contributed by atoms with van der Waals surface area (Å²) in [6.45, 7) is 1.68. The van der Waals surface area contributed by atoms with Crippen molar-refractivity contribution in [3.63, 3.8) is 0 Å². The van der Waals surface area contributed by atoms with E-state index in [1.807, 2.05) is 40.2 Å². The minimum Gasteiger partial charge on any atom is -0.338 e. The third-order valence-corrected chi connectivity index (χ3v) is 7.21. The molecule has 126 valence electrons. The number of nitrogens with zero attached hydrogens (tertiary/aromatic N) is 3. The summed E-state index contributed by atoms with van der Waals surface area (Å²) in [5.74, 6) is 1.37. The molecule has 0 saturated heterocycles. The predicted octanol–water partition coefficient (Wildman–Crippen LogP) is 5.07. The Balaban J connectivity index is 1.45. The molecule has 5 heterocycles. The normalized spacial score (nSPS) is 17.7. The van der Waals surface area contributed by atoms with Gasteiger partial charge >= 0.3 is 0 Å². The first-order valence-corrected chi connectivity index (χ1v) is 10.7. The summed E-state index contributed by atoms with van der Waals surface area (Å²) in [6, 6.07) is 10.9. The van der Waals surface area contributed by atoms with Gasteiger partial charge in [0.1, 0.15) is 0 Å². The van der Waals surface area contributed by atoms with Crippen LogP contribution in [0.15, 0.2) is 51.0 Å². The maximum atomic E-state index is 5.54. The molecule has 4 nitrogen and oxygen atoms in total. The van der Waals surface area contributed by atoms with Crippen molar-refractivity contribution >= 4 is 34.0 Å². The van der Waals surface area contributed by atoms with Crippen molar-refractivity contribution in [3.8, 4) is 10.7 Å². The van der Waals surface area contributed by atoms with Crippen molar-refractivity contribution in [2.24, 2.45) is 0 Å². The van der Waals surface area contributed by atoms with Gasteiger partial charge in [0.15, 0.2) is 0 Å². The van der Waals surface area contributed by atoms with Gasteiger partial charge in [-0.05, 0) is 46.3 Å². The minimum atomic E-state index is 0.284. The van der Waals surface area contributed by atoms with Crippen LogP contribution in [-0.2, 0) is 13.0 Å². The first kappa shape index (κ1) is 15.5. The molecule has 4 aromatic heterocycles. The van der Waals surface area contributed by atoms with Crippen LogP contribution in [0.5, 0.6) is 0 Å². The van der Waals surface area contributed by atoms with Crippen molar-refractivity contribution in [2.75, 3.05) is 6.54 Å². The zero-order chi connectivity index (χ0) is 16.6. The highest BCUT2D eigenvalue weighted by atomic mass is 32.1. The molecule has 1 aliphatic heterocycles. The second kappa shape index (κ2) is 6.49. The van der Waals surface area contributed by atoms with E-state index in [4.69, 9.17) is 4.52 Å². The Morgan fingerprint density at radius 1 is 1.08 bits per heavy atom. The molecule has 0 fully saturated rings. The van der Waals surface area contributed by atoms with Crippen LogP contribution < -0.4 is 0 Å². The molecular weight excluding hydrogens is 370 g/mol. The van der Waals surface area contributed by atoms with E-state index in [1.165, 1.54) is 15.3 Å². The van der Waals surface area contributed by atoms with Crippen LogP contribution >= 0.6 is 34.0 Å². The fourth-order valence-corrected chi connectivity index (χ4v) is 5.75. The molecule has 7 heteroatoms. The highest BCUT2D eigenvalue weighted by molar-refractivity contribution is 7.13. The number of hydrogen-bond acceptors (Lipinski definition) is 7. The fourth-order valence-electron chi connectivity index (χ4n) is 3.32. The van der Waals surface area contributed by atoms with E-state index in [1.54, 1.807) is 11.3 Å². The number of hydrogen-bond donors (Lipinski definition) is 0. The van der Waals surface area contributed by atoms with Gasteiger partial charge in [-0.15, -0.1) is 34.0 Å². The topological polar surface area (TPSA) is 42.2 Å². The standard InChI is InChI=1S/C18H15N3OS3/c1-3-14(23-8-1)17-12-6-10-25-13(12)5-7-21(17)11-16-19-18(20-22-16)15-4-2-9-24-15/h1-4,6,8-10,17H,5,7,11H2/t17-/m1/s1. The molecule has 0 radical (unpaired) electrons. The first-order valence-electron chi connectivity index (χ1n) is 8.08. The first-order chi connectivity index (χ1) is 12.4. The minimum absolute atomic E-state index is 0.284. The van der Waals surface area contributed by atoms with Gasteiger partial charge in [0.2, 0.25) is 11.7 Å². The van der Waals surface area contributed by atoms with Crippen LogP contribution in [-0.4, -0.2) is 21.6 Å². The second-order valence-corrected chi connectivity index (χ2v) is 8.85. The summed E-state index contributed by atoms with van der Waals surface area (Å²) in [7, 11) is 0. The Kier molecular flexibility index (Phi) is 4.01. The molecule has 0 unspecified atom stereocenters. The summed E-state index contributed by atoms with van der Waals surface area (Å²) in [5.41, 5.74) is 1.43. The molecule has 0 amide bonds. The highest BCUT2D eigenvalue weighted by Crippen LogP contribution is 2.40. The van der Waals surface area contributed by atoms with Gasteiger partial charge in [0.25, 0.3) is 0 Å². The monoisotopic (exact) mass is 385 g/mol. The quantitative estimate of drug-likeness (QED) is 0.492. The largest absolute Gasteiger partial charge is 0.338 e. The summed E-state index contributed by atoms with van der Waals surface area (Å²) in [4.78, 5) is 11.0. The van der Waals surface area contributed by atoms with Gasteiger partial charge in [0.05, 0.1) is 17.5 Å². The van der Waals surface area contributed by atoms with Gasteiger partial charge < -0.3 is 4.52 Å². The number of thiophene rings is 3. The molecule has 0 aromatic carbocycles. The molecule has 0 N–H and O–H groups in total. The third kappa shape index (κ3) is 2.87. The van der Waals surface area contributed by atoms with Gasteiger partial charge in [-0.2, -0.15) is 4.98 Å². The molecule has 4 aromatic rings. The maximum Gasteiger partial charge on any atom is 0.241 e. The van der Waals surface area contributed by atoms with E-state index >= 15 is 0 Å². The zero-order valence-corrected chi connectivity index (χ0v) is 15.7. The van der Waals surface area contributed by atoms with Gasteiger partial charge in [0, 0.05) is 16.3 Å². The average Bonchev–Trinajstić information content (AvgIpc) is 3.39. The SMILES string of the molecule is c1csc(-c2noc(CN3CCc4sccc4[C@@H]3c3cccs3)n2)c1. The summed E-state index contributed by atoms with van der Waals surface area (Å²) < 4.78 is 5.54. The molecule has 1 aliphatic rings. The van der Waals surface area contributed by atoms with Crippen molar-refractivity contribution in [1.82, 2.24) is 15.0 Å². The van der Waals surface area contributed by atoms with Crippen LogP contribution in [0.3, 0.4) is 0 Å². The van der Waals surface area contributed by atoms with E-state index in [0.29, 0.717) is 18.3 Å². The number of aromatic nitrogens is 2. The van der Waals surface area contributed by atoms with Crippen molar-refractivity contribution in [1.29, 1.82) is 0 Å². The zero-order valence-electron chi connectivity index (χ0n) is 13.3. The molecule has 5 rings (SSSR count). The second-order valence-electron chi connectivity index (χ2n) is 5.93. The molecular formula is C18H15N3OS3. The lowest BCUT2D eigenvalue weighted by Crippen LogP contribution is -2.34. The lowest BCUT2D eigenvalue weighted by atomic mass is 9.98. The maximum absolute atomic E-state index is 5.54. The average molecular weight is 386 g/mol. The Labute approximate surface area is 157 Å². The molecule has 0 saturated carbocycles. The van der Waals surface area contributed by atoms with Crippen LogP contribution in [0.2, 0.25) is 0 Å². The molecule has 25 heavy (non-hydrogen) atoms. The van der Waals surface area contributed by atoms with E-state index in [-0.39, 0.29) is 6.04 Å². The van der Waals surface area contributed by atoms with Gasteiger partial charge in [-0.1, -0.05) is 17.3 Å². The fraction of sp³-hybridized carbons (Fsp3) is 0.222. The Bertz CT molecular complexity index is 956. The van der Waals surface area contributed by atoms with Crippen molar-refractivity contribution in [2.45, 2.75) is 19.0 Å². The number of fused-ring (bicyclic) bond motifs is 1. The summed E-state index contributed by atoms with van der Waals surface area (Å²) in [6.07, 6.45) is 1.08. The predicted molar refractivity (Wildman–Crippen MR) is 102 cm³/mol. The van der Waals surface area contributed by atoms with E-state index in [2.05, 4.69) is 44.0 Å². The number of rotatable bonds is 4. The van der Waals surface area contributed by atoms with Gasteiger partial charge in [-0.25, -0.2) is 0 Å². The lowest BCUT2D eigenvalue weighted by Gasteiger charge is -2.34. The third-order valence-electron chi connectivity index (χ3n) is 4.43. The molecule has 0 spiro atoms. The van der Waals surface area contributed by atoms with Crippen molar-refractivity contribution in [3.05, 3.63) is 67.7 Å². The van der Waals surface area contributed by atoms with Gasteiger partial charge in [-0.3, -0.25) is 4.90 Å². The summed E-state index contributed by atoms with van der Waals surface area (Å²) >= 11 is 5.31. The Hall–Kier alpha value is -1.80. The summed E-state index contributed by atoms with van der Waals surface area (Å²) in [5, 5.41) is 10.5. The van der Waals surface area contributed by atoms with E-state index < -0.39 is 0 Å². The Morgan fingerprint density at radius 3 is 2.84 bits per heavy atom. The lowest BCUT2D eigenvalue weighted by molar-refractivity contribution is 0.181.